The number of aromatic nitrogens is 6. The van der Waals surface area contributed by atoms with Crippen LogP contribution in [0.15, 0.2) is 46.2 Å². The van der Waals surface area contributed by atoms with Gasteiger partial charge in [-0.15, -0.1) is 31.7 Å². The normalized spacial score (nSPS) is 12.4. The topological polar surface area (TPSA) is 82.5 Å². The average molecular weight is 338 g/mol. The Morgan fingerprint density at radius 2 is 1.92 bits per heavy atom. The number of thiophene rings is 1. The Balaban J connectivity index is 1.59. The van der Waals surface area contributed by atoms with E-state index in [4.69, 9.17) is 4.42 Å². The largest absolute Gasteiger partial charge is 0.417 e. The fourth-order valence-electron chi connectivity index (χ4n) is 2.21. The standard InChI is InChI=1S/C16H14N6OS/c1-10-5-7-12(8-6-10)14-17-21-22(20-14)11(2)15-18-19-16(23-15)13-4-3-9-24-13/h3-9,11H,1-2H3/t11-/m1/s1. The lowest BCUT2D eigenvalue weighted by Crippen LogP contribution is -2.11. The molecule has 1 atom stereocenters. The first-order chi connectivity index (χ1) is 11.7. The second-order valence-corrected chi connectivity index (χ2v) is 6.35. The summed E-state index contributed by atoms with van der Waals surface area (Å²) in [5.74, 6) is 1.52. The molecule has 0 saturated carbocycles. The molecule has 0 bridgehead atoms. The van der Waals surface area contributed by atoms with Crippen LogP contribution >= 0.6 is 11.3 Å². The van der Waals surface area contributed by atoms with Crippen molar-refractivity contribution in [3.8, 4) is 22.2 Å². The molecule has 7 nitrogen and oxygen atoms in total. The van der Waals surface area contributed by atoms with Crippen LogP contribution in [-0.2, 0) is 0 Å². The van der Waals surface area contributed by atoms with Crippen LogP contribution in [0.2, 0.25) is 0 Å². The van der Waals surface area contributed by atoms with Crippen molar-refractivity contribution in [1.82, 2.24) is 30.4 Å². The Bertz CT molecular complexity index is 941. The van der Waals surface area contributed by atoms with Crippen molar-refractivity contribution in [2.75, 3.05) is 0 Å². The van der Waals surface area contributed by atoms with E-state index in [-0.39, 0.29) is 6.04 Å². The minimum Gasteiger partial charge on any atom is -0.417 e. The molecule has 0 spiro atoms. The zero-order valence-corrected chi connectivity index (χ0v) is 13.9. The lowest BCUT2D eigenvalue weighted by molar-refractivity contribution is 0.383. The maximum atomic E-state index is 5.73. The molecule has 0 radical (unpaired) electrons. The number of hydrogen-bond donors (Lipinski definition) is 0. The number of aryl methyl sites for hydroxylation is 1. The number of hydrogen-bond acceptors (Lipinski definition) is 7. The Labute approximate surface area is 142 Å². The van der Waals surface area contributed by atoms with Gasteiger partial charge in [0.05, 0.1) is 4.88 Å². The predicted octanol–water partition coefficient (Wildman–Crippen LogP) is 3.37. The van der Waals surface area contributed by atoms with Crippen LogP contribution in [0.3, 0.4) is 0 Å². The molecule has 3 aromatic heterocycles. The van der Waals surface area contributed by atoms with Crippen molar-refractivity contribution in [1.29, 1.82) is 0 Å². The molecule has 0 aliphatic rings. The predicted molar refractivity (Wildman–Crippen MR) is 89.4 cm³/mol. The minimum absolute atomic E-state index is 0.294. The van der Waals surface area contributed by atoms with E-state index in [0.717, 1.165) is 10.4 Å². The molecule has 0 aliphatic heterocycles. The Hall–Kier alpha value is -2.87. The first-order valence-corrected chi connectivity index (χ1v) is 8.32. The first-order valence-electron chi connectivity index (χ1n) is 7.44. The van der Waals surface area contributed by atoms with Crippen LogP contribution in [0, 0.1) is 6.92 Å². The van der Waals surface area contributed by atoms with Crippen LogP contribution in [0.5, 0.6) is 0 Å². The zero-order chi connectivity index (χ0) is 16.5. The lowest BCUT2D eigenvalue weighted by Gasteiger charge is -2.03. The Morgan fingerprint density at radius 1 is 1.08 bits per heavy atom. The van der Waals surface area contributed by atoms with Gasteiger partial charge >= 0.3 is 0 Å². The van der Waals surface area contributed by atoms with Crippen LogP contribution in [0.4, 0.5) is 0 Å². The van der Waals surface area contributed by atoms with Gasteiger partial charge in [-0.1, -0.05) is 35.9 Å². The van der Waals surface area contributed by atoms with Crippen molar-refractivity contribution < 1.29 is 4.42 Å². The molecule has 0 saturated heterocycles. The van der Waals surface area contributed by atoms with E-state index in [2.05, 4.69) is 25.6 Å². The summed E-state index contributed by atoms with van der Waals surface area (Å²) in [6.07, 6.45) is 0. The summed E-state index contributed by atoms with van der Waals surface area (Å²) >= 11 is 1.55. The molecule has 1 aromatic carbocycles. The second-order valence-electron chi connectivity index (χ2n) is 5.40. The van der Waals surface area contributed by atoms with Gasteiger partial charge in [-0.3, -0.25) is 0 Å². The van der Waals surface area contributed by atoms with Crippen LogP contribution < -0.4 is 0 Å². The van der Waals surface area contributed by atoms with E-state index in [1.165, 1.54) is 10.4 Å². The molecule has 24 heavy (non-hydrogen) atoms. The van der Waals surface area contributed by atoms with Crippen LogP contribution in [-0.4, -0.2) is 30.4 Å². The lowest BCUT2D eigenvalue weighted by atomic mass is 10.1. The average Bonchev–Trinajstić information content (AvgIpc) is 3.34. The van der Waals surface area contributed by atoms with E-state index in [1.807, 2.05) is 55.6 Å². The molecule has 0 amide bonds. The minimum atomic E-state index is -0.294. The molecule has 0 unspecified atom stereocenters. The highest BCUT2D eigenvalue weighted by Crippen LogP contribution is 2.25. The molecule has 0 aliphatic carbocycles. The maximum absolute atomic E-state index is 5.73. The molecule has 0 fully saturated rings. The van der Waals surface area contributed by atoms with Gasteiger partial charge in [-0.05, 0) is 30.5 Å². The second kappa shape index (κ2) is 5.97. The van der Waals surface area contributed by atoms with Gasteiger partial charge in [0.15, 0.2) is 0 Å². The highest BCUT2D eigenvalue weighted by atomic mass is 32.1. The smallest absolute Gasteiger partial charge is 0.257 e. The highest BCUT2D eigenvalue weighted by Gasteiger charge is 2.20. The Morgan fingerprint density at radius 3 is 2.67 bits per heavy atom. The molecular formula is C16H14N6OS. The quantitative estimate of drug-likeness (QED) is 0.567. The maximum Gasteiger partial charge on any atom is 0.257 e. The summed E-state index contributed by atoms with van der Waals surface area (Å²) in [6.45, 7) is 3.93. The van der Waals surface area contributed by atoms with Gasteiger partial charge < -0.3 is 4.42 Å². The zero-order valence-electron chi connectivity index (χ0n) is 13.1. The molecule has 3 heterocycles. The van der Waals surface area contributed by atoms with Crippen molar-refractivity contribution in [3.63, 3.8) is 0 Å². The third kappa shape index (κ3) is 2.71. The van der Waals surface area contributed by atoms with Gasteiger partial charge in [0, 0.05) is 5.56 Å². The Kier molecular flexibility index (Phi) is 3.66. The first kappa shape index (κ1) is 14.7. The summed E-state index contributed by atoms with van der Waals surface area (Å²) in [4.78, 5) is 2.42. The van der Waals surface area contributed by atoms with E-state index >= 15 is 0 Å². The molecule has 4 aromatic rings. The van der Waals surface area contributed by atoms with Crippen molar-refractivity contribution in [2.24, 2.45) is 0 Å². The van der Waals surface area contributed by atoms with Gasteiger partial charge in [0.1, 0.15) is 6.04 Å². The van der Waals surface area contributed by atoms with Crippen LogP contribution in [0.1, 0.15) is 24.4 Å². The fourth-order valence-corrected chi connectivity index (χ4v) is 2.85. The van der Waals surface area contributed by atoms with E-state index in [0.29, 0.717) is 17.6 Å². The van der Waals surface area contributed by atoms with Crippen molar-refractivity contribution in [2.45, 2.75) is 19.9 Å². The van der Waals surface area contributed by atoms with Gasteiger partial charge in [0.2, 0.25) is 11.7 Å². The molecule has 4 rings (SSSR count). The van der Waals surface area contributed by atoms with Gasteiger partial charge in [0.25, 0.3) is 5.89 Å². The summed E-state index contributed by atoms with van der Waals surface area (Å²) in [7, 11) is 0. The highest BCUT2D eigenvalue weighted by molar-refractivity contribution is 7.13. The molecule has 0 N–H and O–H groups in total. The number of tetrazole rings is 1. The number of rotatable bonds is 4. The number of nitrogens with zero attached hydrogens (tertiary/aromatic N) is 6. The SMILES string of the molecule is Cc1ccc(-c2nnn([C@H](C)c3nnc(-c4cccs4)o3)n2)cc1. The summed E-state index contributed by atoms with van der Waals surface area (Å²) in [6, 6.07) is 11.6. The molecule has 8 heteroatoms. The summed E-state index contributed by atoms with van der Waals surface area (Å²) in [5.41, 5.74) is 2.11. The molecule has 120 valence electrons. The number of benzene rings is 1. The summed E-state index contributed by atoms with van der Waals surface area (Å²) < 4.78 is 5.73. The third-order valence-electron chi connectivity index (χ3n) is 3.61. The fraction of sp³-hybridized carbons (Fsp3) is 0.188. The van der Waals surface area contributed by atoms with E-state index in [9.17, 15) is 0 Å². The van der Waals surface area contributed by atoms with E-state index < -0.39 is 0 Å². The summed E-state index contributed by atoms with van der Waals surface area (Å²) in [5, 5.41) is 22.8. The van der Waals surface area contributed by atoms with Crippen molar-refractivity contribution >= 4 is 11.3 Å². The molecular weight excluding hydrogens is 324 g/mol. The van der Waals surface area contributed by atoms with E-state index in [1.54, 1.807) is 11.3 Å². The monoisotopic (exact) mass is 338 g/mol. The van der Waals surface area contributed by atoms with Gasteiger partial charge in [-0.2, -0.15) is 4.80 Å². The van der Waals surface area contributed by atoms with Gasteiger partial charge in [-0.25, -0.2) is 0 Å². The van der Waals surface area contributed by atoms with Crippen LogP contribution in [0.25, 0.3) is 22.2 Å². The third-order valence-corrected chi connectivity index (χ3v) is 4.47. The van der Waals surface area contributed by atoms with Crippen molar-refractivity contribution in [3.05, 3.63) is 53.2 Å².